The Bertz CT molecular complexity index is 895. The summed E-state index contributed by atoms with van der Waals surface area (Å²) >= 11 is 0. The molecule has 0 bridgehead atoms. The second-order valence-corrected chi connectivity index (χ2v) is 5.78. The number of ketones is 2. The average molecular weight is 328 g/mol. The zero-order chi connectivity index (χ0) is 17.8. The van der Waals surface area contributed by atoms with Gasteiger partial charge in [0, 0.05) is 22.8 Å². The fourth-order valence-corrected chi connectivity index (χ4v) is 3.16. The van der Waals surface area contributed by atoms with E-state index < -0.39 is 29.2 Å². The molecule has 1 atom stereocenters. The van der Waals surface area contributed by atoms with Crippen molar-refractivity contribution < 1.29 is 29.6 Å². The molecule has 0 aromatic heterocycles. The van der Waals surface area contributed by atoms with E-state index in [1.807, 2.05) is 0 Å². The van der Waals surface area contributed by atoms with Crippen molar-refractivity contribution in [2.24, 2.45) is 0 Å². The van der Waals surface area contributed by atoms with Crippen molar-refractivity contribution >= 4 is 11.6 Å². The highest BCUT2D eigenvalue weighted by molar-refractivity contribution is 6.30. The number of hydrogen-bond acceptors (Lipinski definition) is 6. The predicted octanol–water partition coefficient (Wildman–Crippen LogP) is 2.24. The lowest BCUT2D eigenvalue weighted by Crippen LogP contribution is -2.22. The summed E-state index contributed by atoms with van der Waals surface area (Å²) < 4.78 is 5.02. The van der Waals surface area contributed by atoms with Crippen LogP contribution in [0.15, 0.2) is 18.2 Å². The van der Waals surface area contributed by atoms with E-state index in [1.165, 1.54) is 32.2 Å². The van der Waals surface area contributed by atoms with E-state index in [4.69, 9.17) is 4.74 Å². The molecule has 0 fully saturated rings. The highest BCUT2D eigenvalue weighted by atomic mass is 16.5. The normalized spacial score (nSPS) is 14.2. The van der Waals surface area contributed by atoms with Gasteiger partial charge in [-0.15, -0.1) is 0 Å². The van der Waals surface area contributed by atoms with Crippen molar-refractivity contribution in [2.45, 2.75) is 20.0 Å². The van der Waals surface area contributed by atoms with E-state index in [2.05, 4.69) is 0 Å². The first-order valence-corrected chi connectivity index (χ1v) is 7.32. The second kappa shape index (κ2) is 5.35. The molecule has 1 aliphatic rings. The van der Waals surface area contributed by atoms with Gasteiger partial charge in [0.05, 0.1) is 24.3 Å². The summed E-state index contributed by atoms with van der Waals surface area (Å²) in [6.45, 7) is 3.10. The third-order valence-corrected chi connectivity index (χ3v) is 4.23. The standard InChI is InChI=1S/C18H16O6/c1-7-4-10-15(17(22)13(7)8(2)19)18(23)14-11(16(10)21)5-9(24-3)6-12(14)20/h4-6,8,19-20,22H,1-3H3/t8-/m0/s1. The first kappa shape index (κ1) is 16.0. The van der Waals surface area contributed by atoms with Crippen LogP contribution >= 0.6 is 0 Å². The van der Waals surface area contributed by atoms with Crippen molar-refractivity contribution in [1.82, 2.24) is 0 Å². The van der Waals surface area contributed by atoms with Crippen LogP contribution in [0.3, 0.4) is 0 Å². The summed E-state index contributed by atoms with van der Waals surface area (Å²) in [7, 11) is 1.38. The first-order valence-electron chi connectivity index (χ1n) is 7.32. The lowest BCUT2D eigenvalue weighted by Gasteiger charge is -2.23. The van der Waals surface area contributed by atoms with E-state index in [0.717, 1.165) is 0 Å². The monoisotopic (exact) mass is 328 g/mol. The van der Waals surface area contributed by atoms with E-state index in [-0.39, 0.29) is 33.6 Å². The Morgan fingerprint density at radius 2 is 1.62 bits per heavy atom. The molecular formula is C18H16O6. The largest absolute Gasteiger partial charge is 0.507 e. The van der Waals surface area contributed by atoms with Gasteiger partial charge in [-0.1, -0.05) is 0 Å². The Morgan fingerprint density at radius 3 is 2.21 bits per heavy atom. The summed E-state index contributed by atoms with van der Waals surface area (Å²) in [5.41, 5.74) is 0.371. The summed E-state index contributed by atoms with van der Waals surface area (Å²) in [5, 5.41) is 30.4. The molecule has 3 N–H and O–H groups in total. The number of carbonyl (C=O) groups excluding carboxylic acids is 2. The molecule has 0 saturated heterocycles. The second-order valence-electron chi connectivity index (χ2n) is 5.78. The maximum atomic E-state index is 12.8. The molecular weight excluding hydrogens is 312 g/mol. The van der Waals surface area contributed by atoms with Crippen LogP contribution in [0.2, 0.25) is 0 Å². The van der Waals surface area contributed by atoms with Gasteiger partial charge in [0.25, 0.3) is 0 Å². The van der Waals surface area contributed by atoms with Gasteiger partial charge in [0.2, 0.25) is 5.78 Å². The highest BCUT2D eigenvalue weighted by Crippen LogP contribution is 2.42. The number of aliphatic hydroxyl groups is 1. The van der Waals surface area contributed by atoms with Crippen LogP contribution in [0.4, 0.5) is 0 Å². The number of phenols is 2. The van der Waals surface area contributed by atoms with Gasteiger partial charge in [0.1, 0.15) is 17.2 Å². The number of phenolic OH excluding ortho intramolecular Hbond substituents is 2. The van der Waals surface area contributed by atoms with Crippen LogP contribution in [-0.4, -0.2) is 34.0 Å². The van der Waals surface area contributed by atoms with Gasteiger partial charge in [0.15, 0.2) is 5.78 Å². The van der Waals surface area contributed by atoms with Crippen LogP contribution in [0, 0.1) is 6.92 Å². The fraction of sp³-hybridized carbons (Fsp3) is 0.222. The van der Waals surface area contributed by atoms with Crippen molar-refractivity contribution in [3.63, 3.8) is 0 Å². The number of aryl methyl sites for hydroxylation is 1. The minimum atomic E-state index is -1.01. The molecule has 124 valence electrons. The molecule has 0 radical (unpaired) electrons. The van der Waals surface area contributed by atoms with E-state index >= 15 is 0 Å². The molecule has 0 amide bonds. The summed E-state index contributed by atoms with van der Waals surface area (Å²) in [5.74, 6) is -1.74. The number of hydrogen-bond donors (Lipinski definition) is 3. The molecule has 2 aromatic rings. The molecule has 6 heteroatoms. The van der Waals surface area contributed by atoms with Gasteiger partial charge in [-0.2, -0.15) is 0 Å². The van der Waals surface area contributed by atoms with Crippen LogP contribution in [0.25, 0.3) is 0 Å². The Hall–Kier alpha value is -2.86. The van der Waals surface area contributed by atoms with Crippen LogP contribution in [0.1, 0.15) is 56.0 Å². The number of aromatic hydroxyl groups is 2. The number of benzene rings is 2. The molecule has 24 heavy (non-hydrogen) atoms. The van der Waals surface area contributed by atoms with Gasteiger partial charge in [-0.05, 0) is 31.5 Å². The Kier molecular flexibility index (Phi) is 3.57. The SMILES string of the molecule is COc1cc(O)c2c(c1)C(=O)c1cc(C)c([C@H](C)O)c(O)c1C2=O. The number of carbonyl (C=O) groups is 2. The Labute approximate surface area is 137 Å². The van der Waals surface area contributed by atoms with Crippen molar-refractivity contribution in [1.29, 1.82) is 0 Å². The van der Waals surface area contributed by atoms with E-state index in [9.17, 15) is 24.9 Å². The summed E-state index contributed by atoms with van der Waals surface area (Å²) in [6.07, 6.45) is -1.01. The Balaban J connectivity index is 2.36. The Morgan fingerprint density at radius 1 is 1.00 bits per heavy atom. The molecule has 0 spiro atoms. The van der Waals surface area contributed by atoms with Crippen molar-refractivity contribution in [3.8, 4) is 17.2 Å². The number of methoxy groups -OCH3 is 1. The zero-order valence-electron chi connectivity index (χ0n) is 13.4. The smallest absolute Gasteiger partial charge is 0.201 e. The van der Waals surface area contributed by atoms with E-state index in [0.29, 0.717) is 5.56 Å². The molecule has 0 unspecified atom stereocenters. The summed E-state index contributed by atoms with van der Waals surface area (Å²) in [4.78, 5) is 25.6. The number of ether oxygens (including phenoxy) is 1. The number of fused-ring (bicyclic) bond motifs is 2. The first-order chi connectivity index (χ1) is 11.3. The van der Waals surface area contributed by atoms with Crippen LogP contribution in [0.5, 0.6) is 17.2 Å². The lowest BCUT2D eigenvalue weighted by molar-refractivity contribution is 0.0973. The maximum absolute atomic E-state index is 12.8. The van der Waals surface area contributed by atoms with Crippen molar-refractivity contribution in [2.75, 3.05) is 7.11 Å². The topological polar surface area (TPSA) is 104 Å². The van der Waals surface area contributed by atoms with Crippen LogP contribution < -0.4 is 4.74 Å². The molecule has 0 saturated carbocycles. The van der Waals surface area contributed by atoms with Crippen molar-refractivity contribution in [3.05, 3.63) is 51.6 Å². The van der Waals surface area contributed by atoms with Crippen LogP contribution in [-0.2, 0) is 0 Å². The molecule has 6 nitrogen and oxygen atoms in total. The number of rotatable bonds is 2. The average Bonchev–Trinajstić information content (AvgIpc) is 2.50. The quantitative estimate of drug-likeness (QED) is 0.666. The predicted molar refractivity (Wildman–Crippen MR) is 85.0 cm³/mol. The summed E-state index contributed by atoms with van der Waals surface area (Å²) in [6, 6.07) is 4.08. The van der Waals surface area contributed by atoms with E-state index in [1.54, 1.807) is 6.92 Å². The number of aliphatic hydroxyl groups excluding tert-OH is 1. The molecule has 2 aromatic carbocycles. The third-order valence-electron chi connectivity index (χ3n) is 4.23. The molecule has 1 aliphatic carbocycles. The van der Waals surface area contributed by atoms with Gasteiger partial charge in [-0.25, -0.2) is 0 Å². The van der Waals surface area contributed by atoms with Gasteiger partial charge in [-0.3, -0.25) is 9.59 Å². The minimum Gasteiger partial charge on any atom is -0.507 e. The maximum Gasteiger partial charge on any atom is 0.201 e. The molecule has 0 aliphatic heterocycles. The zero-order valence-corrected chi connectivity index (χ0v) is 13.4. The molecule has 3 rings (SSSR count). The van der Waals surface area contributed by atoms with Gasteiger partial charge < -0.3 is 20.1 Å². The molecule has 0 heterocycles. The van der Waals surface area contributed by atoms with Gasteiger partial charge >= 0.3 is 0 Å². The highest BCUT2D eigenvalue weighted by Gasteiger charge is 2.36. The lowest BCUT2D eigenvalue weighted by atomic mass is 9.80. The minimum absolute atomic E-state index is 0.0212. The third kappa shape index (κ3) is 2.07. The fourth-order valence-electron chi connectivity index (χ4n) is 3.16.